The summed E-state index contributed by atoms with van der Waals surface area (Å²) in [5.74, 6) is 0.0648. The molecule has 0 saturated heterocycles. The van der Waals surface area contributed by atoms with Crippen molar-refractivity contribution in [3.05, 3.63) is 21.9 Å². The molecule has 1 atom stereocenters. The lowest BCUT2D eigenvalue weighted by Gasteiger charge is -2.06. The first-order valence-electron chi connectivity index (χ1n) is 5.13. The van der Waals surface area contributed by atoms with E-state index >= 15 is 0 Å². The molecule has 0 aromatic carbocycles. The third-order valence-electron chi connectivity index (χ3n) is 2.16. The zero-order valence-electron chi connectivity index (χ0n) is 9.05. The summed E-state index contributed by atoms with van der Waals surface area (Å²) < 4.78 is 0. The highest BCUT2D eigenvalue weighted by Gasteiger charge is 2.11. The van der Waals surface area contributed by atoms with Crippen molar-refractivity contribution in [3.8, 4) is 0 Å². The van der Waals surface area contributed by atoms with E-state index in [1.807, 2.05) is 11.4 Å². The van der Waals surface area contributed by atoms with Gasteiger partial charge in [0, 0.05) is 11.4 Å². The fourth-order valence-corrected chi connectivity index (χ4v) is 2.42. The standard InChI is InChI=1S/C11H16BrNOS/c1-3-9-5-7-15-10(9)11(14)13-6-4-8(2)12/h5,7-8H,3-4,6H2,1-2H3,(H,13,14). The maximum atomic E-state index is 11.8. The molecule has 1 rings (SSSR count). The predicted molar refractivity (Wildman–Crippen MR) is 69.0 cm³/mol. The van der Waals surface area contributed by atoms with Gasteiger partial charge in [-0.3, -0.25) is 4.79 Å². The molecule has 1 aromatic heterocycles. The lowest BCUT2D eigenvalue weighted by Crippen LogP contribution is -2.25. The van der Waals surface area contributed by atoms with E-state index in [-0.39, 0.29) is 5.91 Å². The van der Waals surface area contributed by atoms with E-state index in [9.17, 15) is 4.79 Å². The van der Waals surface area contributed by atoms with E-state index < -0.39 is 0 Å². The van der Waals surface area contributed by atoms with E-state index in [1.165, 1.54) is 11.3 Å². The van der Waals surface area contributed by atoms with Crippen LogP contribution in [-0.4, -0.2) is 17.3 Å². The molecule has 1 heterocycles. The SMILES string of the molecule is CCc1ccsc1C(=O)NCCC(C)Br. The van der Waals surface area contributed by atoms with Crippen LogP contribution in [-0.2, 0) is 6.42 Å². The van der Waals surface area contributed by atoms with Crippen LogP contribution in [0.25, 0.3) is 0 Å². The Balaban J connectivity index is 2.47. The molecular formula is C11H16BrNOS. The van der Waals surface area contributed by atoms with Crippen LogP contribution in [0.4, 0.5) is 0 Å². The molecule has 2 nitrogen and oxygen atoms in total. The molecule has 0 saturated carbocycles. The molecular weight excluding hydrogens is 274 g/mol. The molecule has 1 amide bonds. The van der Waals surface area contributed by atoms with Gasteiger partial charge >= 0.3 is 0 Å². The number of hydrogen-bond donors (Lipinski definition) is 1. The smallest absolute Gasteiger partial charge is 0.261 e. The van der Waals surface area contributed by atoms with Crippen LogP contribution in [0.2, 0.25) is 0 Å². The van der Waals surface area contributed by atoms with Gasteiger partial charge in [-0.05, 0) is 29.9 Å². The first kappa shape index (κ1) is 12.7. The quantitative estimate of drug-likeness (QED) is 0.829. The minimum Gasteiger partial charge on any atom is -0.351 e. The second-order valence-electron chi connectivity index (χ2n) is 3.45. The Labute approximate surface area is 103 Å². The number of thiophene rings is 1. The summed E-state index contributed by atoms with van der Waals surface area (Å²) >= 11 is 4.97. The number of alkyl halides is 1. The molecule has 0 aliphatic carbocycles. The molecule has 0 spiro atoms. The number of carbonyl (C=O) groups is 1. The van der Waals surface area contributed by atoms with Crippen molar-refractivity contribution in [1.82, 2.24) is 5.32 Å². The van der Waals surface area contributed by atoms with Crippen molar-refractivity contribution < 1.29 is 4.79 Å². The first-order chi connectivity index (χ1) is 7.15. The minimum atomic E-state index is 0.0648. The zero-order chi connectivity index (χ0) is 11.3. The van der Waals surface area contributed by atoms with Gasteiger partial charge in [-0.2, -0.15) is 0 Å². The van der Waals surface area contributed by atoms with Crippen molar-refractivity contribution in [3.63, 3.8) is 0 Å². The van der Waals surface area contributed by atoms with Gasteiger partial charge < -0.3 is 5.32 Å². The number of nitrogens with one attached hydrogen (secondary N) is 1. The second kappa shape index (κ2) is 6.28. The molecule has 0 fully saturated rings. The lowest BCUT2D eigenvalue weighted by molar-refractivity contribution is 0.0956. The molecule has 15 heavy (non-hydrogen) atoms. The van der Waals surface area contributed by atoms with Gasteiger partial charge in [-0.1, -0.05) is 29.8 Å². The average molecular weight is 290 g/mol. The van der Waals surface area contributed by atoms with Crippen molar-refractivity contribution in [1.29, 1.82) is 0 Å². The molecule has 1 unspecified atom stereocenters. The van der Waals surface area contributed by atoms with Crippen molar-refractivity contribution >= 4 is 33.2 Å². The summed E-state index contributed by atoms with van der Waals surface area (Å²) in [6, 6.07) is 2.02. The number of halogens is 1. The van der Waals surface area contributed by atoms with Gasteiger partial charge in [-0.15, -0.1) is 11.3 Å². The molecule has 1 aromatic rings. The summed E-state index contributed by atoms with van der Waals surface area (Å²) in [5, 5.41) is 4.91. The van der Waals surface area contributed by atoms with Crippen LogP contribution in [0.1, 0.15) is 35.5 Å². The third-order valence-corrected chi connectivity index (χ3v) is 3.57. The number of amides is 1. The Hall–Kier alpha value is -0.350. The Kier molecular flexibility index (Phi) is 5.32. The van der Waals surface area contributed by atoms with Gasteiger partial charge in [0.05, 0.1) is 4.88 Å². The lowest BCUT2D eigenvalue weighted by atomic mass is 10.2. The molecule has 0 aliphatic heterocycles. The maximum Gasteiger partial charge on any atom is 0.261 e. The van der Waals surface area contributed by atoms with Gasteiger partial charge in [-0.25, -0.2) is 0 Å². The van der Waals surface area contributed by atoms with Crippen LogP contribution in [0, 0.1) is 0 Å². The molecule has 1 N–H and O–H groups in total. The largest absolute Gasteiger partial charge is 0.351 e. The van der Waals surface area contributed by atoms with Gasteiger partial charge in [0.15, 0.2) is 0 Å². The van der Waals surface area contributed by atoms with Gasteiger partial charge in [0.2, 0.25) is 0 Å². The average Bonchev–Trinajstić information content (AvgIpc) is 2.64. The van der Waals surface area contributed by atoms with Crippen LogP contribution >= 0.6 is 27.3 Å². The van der Waals surface area contributed by atoms with E-state index in [1.54, 1.807) is 0 Å². The maximum absolute atomic E-state index is 11.8. The second-order valence-corrected chi connectivity index (χ2v) is 5.93. The van der Waals surface area contributed by atoms with Gasteiger partial charge in [0.1, 0.15) is 0 Å². The molecule has 84 valence electrons. The number of hydrogen-bond acceptors (Lipinski definition) is 2. The number of rotatable bonds is 5. The molecule has 4 heteroatoms. The number of carbonyl (C=O) groups excluding carboxylic acids is 1. The zero-order valence-corrected chi connectivity index (χ0v) is 11.5. The van der Waals surface area contributed by atoms with Crippen LogP contribution in [0.15, 0.2) is 11.4 Å². The number of aryl methyl sites for hydroxylation is 1. The van der Waals surface area contributed by atoms with E-state index in [0.717, 1.165) is 29.8 Å². The normalized spacial score (nSPS) is 12.5. The van der Waals surface area contributed by atoms with Gasteiger partial charge in [0.25, 0.3) is 5.91 Å². The highest BCUT2D eigenvalue weighted by atomic mass is 79.9. The highest BCUT2D eigenvalue weighted by molar-refractivity contribution is 9.09. The van der Waals surface area contributed by atoms with E-state index in [2.05, 4.69) is 35.1 Å². The van der Waals surface area contributed by atoms with Crippen LogP contribution in [0.5, 0.6) is 0 Å². The Morgan fingerprint density at radius 3 is 3.00 bits per heavy atom. The Bertz CT molecular complexity index is 322. The topological polar surface area (TPSA) is 29.1 Å². The Morgan fingerprint density at radius 1 is 1.67 bits per heavy atom. The summed E-state index contributed by atoms with van der Waals surface area (Å²) in [7, 11) is 0. The molecule has 0 aliphatic rings. The fraction of sp³-hybridized carbons (Fsp3) is 0.545. The molecule has 0 bridgehead atoms. The summed E-state index contributed by atoms with van der Waals surface area (Å²) in [6.45, 7) is 4.88. The van der Waals surface area contributed by atoms with Crippen molar-refractivity contribution in [2.75, 3.05) is 6.54 Å². The predicted octanol–water partition coefficient (Wildman–Crippen LogP) is 3.21. The molecule has 0 radical (unpaired) electrons. The monoisotopic (exact) mass is 289 g/mol. The van der Waals surface area contributed by atoms with Crippen LogP contribution < -0.4 is 5.32 Å². The third kappa shape index (κ3) is 3.95. The van der Waals surface area contributed by atoms with Crippen molar-refractivity contribution in [2.45, 2.75) is 31.5 Å². The van der Waals surface area contributed by atoms with E-state index in [4.69, 9.17) is 0 Å². The van der Waals surface area contributed by atoms with Crippen molar-refractivity contribution in [2.24, 2.45) is 0 Å². The van der Waals surface area contributed by atoms with Crippen LogP contribution in [0.3, 0.4) is 0 Å². The fourth-order valence-electron chi connectivity index (χ4n) is 1.28. The first-order valence-corrected chi connectivity index (χ1v) is 6.93. The summed E-state index contributed by atoms with van der Waals surface area (Å²) in [4.78, 5) is 13.1. The summed E-state index contributed by atoms with van der Waals surface area (Å²) in [6.07, 6.45) is 1.87. The highest BCUT2D eigenvalue weighted by Crippen LogP contribution is 2.17. The Morgan fingerprint density at radius 2 is 2.40 bits per heavy atom. The summed E-state index contributed by atoms with van der Waals surface area (Å²) in [5.41, 5.74) is 1.14. The minimum absolute atomic E-state index is 0.0648. The van der Waals surface area contributed by atoms with E-state index in [0.29, 0.717) is 4.83 Å².